The van der Waals surface area contributed by atoms with E-state index in [1.165, 1.54) is 76.2 Å². The van der Waals surface area contributed by atoms with Crippen LogP contribution in [0.2, 0.25) is 0 Å². The zero-order valence-electron chi connectivity index (χ0n) is 18.3. The molecule has 2 atom stereocenters. The Hall–Kier alpha value is -1.57. The molecule has 28 heavy (non-hydrogen) atoms. The molecule has 0 bridgehead atoms. The van der Waals surface area contributed by atoms with Crippen LogP contribution >= 0.6 is 0 Å². The molecule has 0 spiro atoms. The molecule has 0 N–H and O–H groups in total. The second-order valence-electron chi connectivity index (χ2n) is 8.35. The molecular weight excluding hydrogens is 340 g/mol. The van der Waals surface area contributed by atoms with Gasteiger partial charge >= 0.3 is 0 Å². The van der Waals surface area contributed by atoms with Crippen molar-refractivity contribution >= 4 is 12.4 Å². The van der Waals surface area contributed by atoms with Crippen molar-refractivity contribution in [3.8, 4) is 0 Å². The molecule has 2 unspecified atom stereocenters. The van der Waals surface area contributed by atoms with E-state index in [1.807, 2.05) is 12.4 Å². The summed E-state index contributed by atoms with van der Waals surface area (Å²) in [6.07, 6.45) is 22.3. The summed E-state index contributed by atoms with van der Waals surface area (Å²) in [6.45, 7) is 4.58. The Morgan fingerprint density at radius 3 is 1.89 bits per heavy atom. The van der Waals surface area contributed by atoms with E-state index in [0.29, 0.717) is 11.8 Å². The fourth-order valence-corrected chi connectivity index (χ4v) is 4.43. The molecule has 2 heteroatoms. The van der Waals surface area contributed by atoms with Gasteiger partial charge in [-0.15, -0.1) is 0 Å². The lowest BCUT2D eigenvalue weighted by molar-refractivity contribution is 0.300. The Labute approximate surface area is 174 Å². The number of unbranched alkanes of at least 4 members (excludes halogenated alkanes) is 9. The molecule has 2 nitrogen and oxygen atoms in total. The van der Waals surface area contributed by atoms with E-state index in [1.54, 1.807) is 0 Å². The number of hydrogen-bond acceptors (Lipinski definition) is 2. The van der Waals surface area contributed by atoms with Crippen molar-refractivity contribution in [2.24, 2.45) is 21.8 Å². The summed E-state index contributed by atoms with van der Waals surface area (Å²) in [5.74, 6) is 1.12. The van der Waals surface area contributed by atoms with Crippen molar-refractivity contribution in [2.75, 3.05) is 0 Å². The summed E-state index contributed by atoms with van der Waals surface area (Å²) in [6, 6.07) is 11.0. The van der Waals surface area contributed by atoms with E-state index in [0.717, 1.165) is 19.0 Å². The molecule has 0 saturated carbocycles. The maximum Gasteiger partial charge on any atom is 0.244 e. The summed E-state index contributed by atoms with van der Waals surface area (Å²) >= 11 is 0. The highest BCUT2D eigenvalue weighted by Crippen LogP contribution is 2.35. The van der Waals surface area contributed by atoms with Gasteiger partial charge in [0.15, 0.2) is 12.4 Å². The number of aliphatic imine (C=N–C) groups is 2. The van der Waals surface area contributed by atoms with Gasteiger partial charge in [-0.25, -0.2) is 0 Å². The van der Waals surface area contributed by atoms with Crippen LogP contribution in [0.5, 0.6) is 0 Å². The average molecular weight is 382 g/mol. The predicted molar refractivity (Wildman–Crippen MR) is 124 cm³/mol. The van der Waals surface area contributed by atoms with E-state index in [9.17, 15) is 0 Å². The minimum absolute atomic E-state index is 0.480. The van der Waals surface area contributed by atoms with Crippen LogP contribution in [-0.2, 0) is 6.42 Å². The van der Waals surface area contributed by atoms with Crippen LogP contribution in [0.4, 0.5) is 0 Å². The molecule has 2 rings (SSSR count). The topological polar surface area (TPSA) is 24.7 Å². The first-order valence-electron chi connectivity index (χ1n) is 11.8. The lowest BCUT2D eigenvalue weighted by Gasteiger charge is -2.24. The van der Waals surface area contributed by atoms with E-state index in [-0.39, 0.29) is 0 Å². The van der Waals surface area contributed by atoms with Crippen molar-refractivity contribution in [2.45, 2.75) is 97.3 Å². The van der Waals surface area contributed by atoms with Gasteiger partial charge in [0.1, 0.15) is 0 Å². The Bertz CT molecular complexity index is 537. The van der Waals surface area contributed by atoms with E-state index < -0.39 is 0 Å². The average Bonchev–Trinajstić information content (AvgIpc) is 3.25. The smallest absolute Gasteiger partial charge is 0.0965 e. The number of rotatable bonds is 16. The minimum Gasteiger partial charge on any atom is -0.0965 e. The highest BCUT2D eigenvalue weighted by atomic mass is 15.0. The molecular formula is C26H41N2+. The lowest BCUT2D eigenvalue weighted by atomic mass is 9.80. The van der Waals surface area contributed by atoms with Crippen molar-refractivity contribution < 1.29 is 0 Å². The van der Waals surface area contributed by atoms with Crippen molar-refractivity contribution in [3.05, 3.63) is 42.1 Å². The molecule has 1 aliphatic heterocycles. The second-order valence-corrected chi connectivity index (χ2v) is 8.35. The minimum atomic E-state index is 0.480. The third kappa shape index (κ3) is 8.63. The molecule has 1 aromatic rings. The molecule has 0 fully saturated rings. The molecule has 154 valence electrons. The van der Waals surface area contributed by atoms with Crippen LogP contribution in [0.1, 0.15) is 96.5 Å². The quantitative estimate of drug-likeness (QED) is 0.206. The van der Waals surface area contributed by atoms with Gasteiger partial charge in [0.05, 0.1) is 5.92 Å². The van der Waals surface area contributed by atoms with Gasteiger partial charge in [-0.3, -0.25) is 0 Å². The fourth-order valence-electron chi connectivity index (χ4n) is 4.43. The molecule has 0 aliphatic carbocycles. The van der Waals surface area contributed by atoms with Crippen LogP contribution < -0.4 is 0 Å². The van der Waals surface area contributed by atoms with Gasteiger partial charge in [0.25, 0.3) is 0 Å². The van der Waals surface area contributed by atoms with Gasteiger partial charge in [0, 0.05) is 0 Å². The van der Waals surface area contributed by atoms with Crippen molar-refractivity contribution in [1.29, 1.82) is 0 Å². The van der Waals surface area contributed by atoms with Crippen LogP contribution in [-0.4, -0.2) is 12.4 Å². The van der Waals surface area contributed by atoms with Gasteiger partial charge in [-0.1, -0.05) is 118 Å². The molecule has 1 heterocycles. The molecule has 0 radical (unpaired) electrons. The second kappa shape index (κ2) is 14.4. The first-order valence-corrected chi connectivity index (χ1v) is 11.8. The Morgan fingerprint density at radius 1 is 0.750 bits per heavy atom. The normalized spacial score (nSPS) is 15.3. The highest BCUT2D eigenvalue weighted by molar-refractivity contribution is 6.18. The Kier molecular flexibility index (Phi) is 11.7. The van der Waals surface area contributed by atoms with Crippen molar-refractivity contribution in [3.63, 3.8) is 0 Å². The summed E-state index contributed by atoms with van der Waals surface area (Å²) in [4.78, 5) is 9.08. The molecule has 0 amide bonds. The maximum atomic E-state index is 4.54. The van der Waals surface area contributed by atoms with E-state index >= 15 is 0 Å². The van der Waals surface area contributed by atoms with Crippen LogP contribution in [0, 0.1) is 18.0 Å². The number of nitrogens with zero attached hydrogens (tertiary/aromatic N) is 2. The third-order valence-corrected chi connectivity index (χ3v) is 6.09. The summed E-state index contributed by atoms with van der Waals surface area (Å²) in [5, 5.41) is 0. The molecule has 1 aromatic carbocycles. The zero-order chi connectivity index (χ0) is 19.9. The molecule has 0 saturated heterocycles. The first-order chi connectivity index (χ1) is 13.8. The predicted octanol–water partition coefficient (Wildman–Crippen LogP) is 7.83. The largest absolute Gasteiger partial charge is 0.244 e. The van der Waals surface area contributed by atoms with Gasteiger partial charge in [-0.05, 0) is 30.7 Å². The first kappa shape index (κ1) is 22.7. The SMILES string of the molecule is CCCCCCCCCCCCC(Cc1ccccc1)C(CC)[C+]1N=CC=N1. The summed E-state index contributed by atoms with van der Waals surface area (Å²) < 4.78 is 0. The maximum absolute atomic E-state index is 4.54. The number of hydrogen-bond donors (Lipinski definition) is 0. The lowest BCUT2D eigenvalue weighted by Crippen LogP contribution is -2.21. The molecule has 0 aromatic heterocycles. The van der Waals surface area contributed by atoms with Gasteiger partial charge < -0.3 is 0 Å². The van der Waals surface area contributed by atoms with Crippen LogP contribution in [0.15, 0.2) is 40.3 Å². The highest BCUT2D eigenvalue weighted by Gasteiger charge is 2.34. The summed E-state index contributed by atoms with van der Waals surface area (Å²) in [7, 11) is 0. The standard InChI is InChI=1S/C26H41N2/c1-3-5-6-7-8-9-10-11-12-16-19-24(22-23-17-14-13-15-18-23)25(4-2)26-27-20-21-28-26/h13-15,17-18,20-21,24-25H,3-12,16,19,22H2,1-2H3/q+1. The zero-order valence-corrected chi connectivity index (χ0v) is 18.3. The monoisotopic (exact) mass is 381 g/mol. The van der Waals surface area contributed by atoms with Gasteiger partial charge in [0.2, 0.25) is 6.17 Å². The van der Waals surface area contributed by atoms with Crippen LogP contribution in [0.25, 0.3) is 0 Å². The summed E-state index contributed by atoms with van der Waals surface area (Å²) in [5.41, 5.74) is 1.45. The molecule has 1 aliphatic rings. The third-order valence-electron chi connectivity index (χ3n) is 6.09. The Balaban J connectivity index is 1.73. The Morgan fingerprint density at radius 2 is 1.32 bits per heavy atom. The fraction of sp³-hybridized carbons (Fsp3) is 0.654. The van der Waals surface area contributed by atoms with Gasteiger partial charge in [-0.2, -0.15) is 0 Å². The van der Waals surface area contributed by atoms with Crippen molar-refractivity contribution in [1.82, 2.24) is 0 Å². The van der Waals surface area contributed by atoms with Crippen LogP contribution in [0.3, 0.4) is 0 Å². The van der Waals surface area contributed by atoms with E-state index in [4.69, 9.17) is 0 Å². The number of benzene rings is 1. The van der Waals surface area contributed by atoms with E-state index in [2.05, 4.69) is 54.2 Å².